The molecule has 0 bridgehead atoms. The Bertz CT molecular complexity index is 983. The number of hydrogen-bond donors (Lipinski definition) is 1. The maximum Gasteiger partial charge on any atom is 0.255 e. The zero-order valence-corrected chi connectivity index (χ0v) is 18.4. The van der Waals surface area contributed by atoms with Gasteiger partial charge >= 0.3 is 0 Å². The van der Waals surface area contributed by atoms with Gasteiger partial charge in [-0.25, -0.2) is 8.42 Å². The minimum Gasteiger partial charge on any atom is -0.373 e. The minimum atomic E-state index is -3.70. The van der Waals surface area contributed by atoms with E-state index < -0.39 is 10.0 Å². The van der Waals surface area contributed by atoms with Gasteiger partial charge in [0, 0.05) is 28.8 Å². The Morgan fingerprint density at radius 1 is 1.14 bits per heavy atom. The molecule has 0 saturated carbocycles. The van der Waals surface area contributed by atoms with Gasteiger partial charge in [0.25, 0.3) is 5.91 Å². The maximum atomic E-state index is 13.0. The van der Waals surface area contributed by atoms with Gasteiger partial charge in [0.2, 0.25) is 10.0 Å². The molecule has 1 heterocycles. The number of morpholine rings is 1. The van der Waals surface area contributed by atoms with Crippen LogP contribution < -0.4 is 5.32 Å². The molecule has 1 saturated heterocycles. The molecule has 1 aliphatic heterocycles. The third-order valence-corrected chi connectivity index (χ3v) is 7.25. The lowest BCUT2D eigenvalue weighted by Gasteiger charge is -2.34. The summed E-state index contributed by atoms with van der Waals surface area (Å²) in [6.45, 7) is 6.21. The lowest BCUT2D eigenvalue weighted by atomic mass is 10.2. The number of rotatable bonds is 4. The van der Waals surface area contributed by atoms with E-state index in [2.05, 4.69) is 21.2 Å². The van der Waals surface area contributed by atoms with Gasteiger partial charge < -0.3 is 10.1 Å². The van der Waals surface area contributed by atoms with Crippen LogP contribution in [0.25, 0.3) is 0 Å². The highest BCUT2D eigenvalue weighted by Crippen LogP contribution is 2.23. The number of carbonyl (C=O) groups is 1. The van der Waals surface area contributed by atoms with Crippen LogP contribution >= 0.6 is 15.9 Å². The van der Waals surface area contributed by atoms with E-state index in [4.69, 9.17) is 4.74 Å². The van der Waals surface area contributed by atoms with E-state index in [1.54, 1.807) is 18.2 Å². The highest BCUT2D eigenvalue weighted by atomic mass is 79.9. The molecule has 1 fully saturated rings. The Labute approximate surface area is 174 Å². The van der Waals surface area contributed by atoms with E-state index in [1.165, 1.54) is 16.4 Å². The molecule has 0 spiro atoms. The lowest BCUT2D eigenvalue weighted by Crippen LogP contribution is -2.48. The first-order valence-electron chi connectivity index (χ1n) is 9.00. The predicted octanol–water partition coefficient (Wildman–Crippen LogP) is 3.81. The quantitative estimate of drug-likeness (QED) is 0.742. The molecule has 0 aliphatic carbocycles. The summed E-state index contributed by atoms with van der Waals surface area (Å²) < 4.78 is 34.0. The monoisotopic (exact) mass is 466 g/mol. The van der Waals surface area contributed by atoms with Gasteiger partial charge in [0.05, 0.1) is 17.1 Å². The van der Waals surface area contributed by atoms with Crippen molar-refractivity contribution in [2.24, 2.45) is 0 Å². The molecule has 6 nitrogen and oxygen atoms in total. The average molecular weight is 467 g/mol. The summed E-state index contributed by atoms with van der Waals surface area (Å²) in [5, 5.41) is 2.81. The van der Waals surface area contributed by atoms with Crippen molar-refractivity contribution in [2.45, 2.75) is 37.9 Å². The Kier molecular flexibility index (Phi) is 6.24. The molecule has 0 unspecified atom stereocenters. The third kappa shape index (κ3) is 4.63. The number of ether oxygens (including phenoxy) is 1. The van der Waals surface area contributed by atoms with Crippen molar-refractivity contribution in [3.8, 4) is 0 Å². The van der Waals surface area contributed by atoms with Gasteiger partial charge in [-0.15, -0.1) is 0 Å². The van der Waals surface area contributed by atoms with Crippen LogP contribution in [0.3, 0.4) is 0 Å². The molecule has 1 aliphatic rings. The van der Waals surface area contributed by atoms with Crippen LogP contribution in [0.4, 0.5) is 5.69 Å². The topological polar surface area (TPSA) is 75.7 Å². The largest absolute Gasteiger partial charge is 0.373 e. The number of sulfonamides is 1. The normalized spacial score (nSPS) is 20.7. The van der Waals surface area contributed by atoms with E-state index >= 15 is 0 Å². The number of nitrogens with one attached hydrogen (secondary N) is 1. The predicted molar refractivity (Wildman–Crippen MR) is 112 cm³/mol. The number of amides is 1. The molecule has 8 heteroatoms. The molecule has 1 N–H and O–H groups in total. The van der Waals surface area contributed by atoms with E-state index in [0.717, 1.165) is 10.0 Å². The van der Waals surface area contributed by atoms with E-state index in [1.807, 2.05) is 32.9 Å². The molecule has 1 amide bonds. The van der Waals surface area contributed by atoms with Gasteiger partial charge in [-0.2, -0.15) is 4.31 Å². The fourth-order valence-electron chi connectivity index (χ4n) is 3.20. The van der Waals surface area contributed by atoms with Crippen molar-refractivity contribution >= 4 is 37.5 Å². The molecule has 2 atom stereocenters. The Hall–Kier alpha value is -1.74. The van der Waals surface area contributed by atoms with Gasteiger partial charge in [-0.3, -0.25) is 4.79 Å². The standard InChI is InChI=1S/C20H23BrN2O4S/c1-13-9-17(7-8-19(13)21)22-20(24)16-5-4-6-18(10-16)28(25,26)23-11-14(2)27-15(3)12-23/h4-10,14-15H,11-12H2,1-3H3,(H,22,24)/t14-,15-/m1/s1. The zero-order valence-electron chi connectivity index (χ0n) is 16.0. The summed E-state index contributed by atoms with van der Waals surface area (Å²) in [4.78, 5) is 12.7. The first-order chi connectivity index (χ1) is 13.2. The molecule has 2 aromatic carbocycles. The van der Waals surface area contributed by atoms with Crippen LogP contribution in [-0.4, -0.2) is 43.9 Å². The molecule has 150 valence electrons. The van der Waals surface area contributed by atoms with Gasteiger partial charge in [0.1, 0.15) is 0 Å². The number of aryl methyl sites for hydroxylation is 1. The second-order valence-corrected chi connectivity index (χ2v) is 9.82. The van der Waals surface area contributed by atoms with Crippen LogP contribution in [0.5, 0.6) is 0 Å². The van der Waals surface area contributed by atoms with Crippen molar-refractivity contribution < 1.29 is 17.9 Å². The zero-order chi connectivity index (χ0) is 20.5. The summed E-state index contributed by atoms with van der Waals surface area (Å²) in [6, 6.07) is 11.6. The summed E-state index contributed by atoms with van der Waals surface area (Å²) in [5.74, 6) is -0.359. The van der Waals surface area contributed by atoms with Crippen molar-refractivity contribution in [3.05, 3.63) is 58.1 Å². The molecule has 28 heavy (non-hydrogen) atoms. The third-order valence-electron chi connectivity index (χ3n) is 4.54. The minimum absolute atomic E-state index is 0.105. The van der Waals surface area contributed by atoms with E-state index in [9.17, 15) is 13.2 Å². The smallest absolute Gasteiger partial charge is 0.255 e. The first-order valence-corrected chi connectivity index (χ1v) is 11.2. The van der Waals surface area contributed by atoms with Gasteiger partial charge in [0.15, 0.2) is 0 Å². The number of anilines is 1. The number of benzene rings is 2. The molecule has 0 aromatic heterocycles. The van der Waals surface area contributed by atoms with Crippen molar-refractivity contribution in [2.75, 3.05) is 18.4 Å². The number of hydrogen-bond acceptors (Lipinski definition) is 4. The lowest BCUT2D eigenvalue weighted by molar-refractivity contribution is -0.0440. The number of carbonyl (C=O) groups excluding carboxylic acids is 1. The first kappa shape index (κ1) is 21.0. The van der Waals surface area contributed by atoms with Crippen LogP contribution in [0.1, 0.15) is 29.8 Å². The van der Waals surface area contributed by atoms with Crippen LogP contribution in [-0.2, 0) is 14.8 Å². The summed E-state index contributed by atoms with van der Waals surface area (Å²) in [7, 11) is -3.70. The highest BCUT2D eigenvalue weighted by molar-refractivity contribution is 9.10. The fraction of sp³-hybridized carbons (Fsp3) is 0.350. The fourth-order valence-corrected chi connectivity index (χ4v) is 5.08. The number of nitrogens with zero attached hydrogens (tertiary/aromatic N) is 1. The summed E-state index contributed by atoms with van der Waals surface area (Å²) >= 11 is 3.43. The molecule has 2 aromatic rings. The van der Waals surface area contributed by atoms with E-state index in [0.29, 0.717) is 18.8 Å². The van der Waals surface area contributed by atoms with Crippen molar-refractivity contribution in [1.29, 1.82) is 0 Å². The van der Waals surface area contributed by atoms with Crippen LogP contribution in [0.15, 0.2) is 51.8 Å². The molecule has 0 radical (unpaired) electrons. The maximum absolute atomic E-state index is 13.0. The second kappa shape index (κ2) is 8.32. The van der Waals surface area contributed by atoms with Crippen molar-refractivity contribution in [3.63, 3.8) is 0 Å². The SMILES string of the molecule is Cc1cc(NC(=O)c2cccc(S(=O)(=O)N3C[C@@H](C)O[C@H](C)C3)c2)ccc1Br. The van der Waals surface area contributed by atoms with Gasteiger partial charge in [-0.1, -0.05) is 22.0 Å². The van der Waals surface area contributed by atoms with Gasteiger partial charge in [-0.05, 0) is 62.7 Å². The van der Waals surface area contributed by atoms with Crippen LogP contribution in [0.2, 0.25) is 0 Å². The second-order valence-electron chi connectivity index (χ2n) is 7.03. The average Bonchev–Trinajstić information content (AvgIpc) is 2.64. The van der Waals surface area contributed by atoms with Crippen LogP contribution in [0, 0.1) is 6.92 Å². The Morgan fingerprint density at radius 2 is 1.82 bits per heavy atom. The molecular weight excluding hydrogens is 444 g/mol. The summed E-state index contributed by atoms with van der Waals surface area (Å²) in [5.41, 5.74) is 1.93. The Balaban J connectivity index is 1.83. The Morgan fingerprint density at radius 3 is 2.46 bits per heavy atom. The molecule has 3 rings (SSSR count). The van der Waals surface area contributed by atoms with E-state index in [-0.39, 0.29) is 28.6 Å². The number of halogens is 1. The van der Waals surface area contributed by atoms with Crippen molar-refractivity contribution in [1.82, 2.24) is 4.31 Å². The highest BCUT2D eigenvalue weighted by Gasteiger charge is 2.32. The summed E-state index contributed by atoms with van der Waals surface area (Å²) in [6.07, 6.45) is -0.351. The molecular formula is C20H23BrN2O4S.